The molecule has 3 nitrogen and oxygen atoms in total. The molecule has 6 heteroatoms. The van der Waals surface area contributed by atoms with Gasteiger partial charge in [0.25, 0.3) is 0 Å². The zero-order valence-electron chi connectivity index (χ0n) is 11.5. The van der Waals surface area contributed by atoms with Gasteiger partial charge >= 0.3 is 0 Å². The van der Waals surface area contributed by atoms with E-state index in [9.17, 15) is 0 Å². The molecule has 0 saturated carbocycles. The van der Waals surface area contributed by atoms with Gasteiger partial charge in [0, 0.05) is 27.4 Å². The summed E-state index contributed by atoms with van der Waals surface area (Å²) in [5, 5.41) is 5.32. The standard InChI is InChI=1S/C14H17BrClN3S/c1-3-11-14(16)12(19(4-2)18-11)8-20-13-7-9(15)5-6-10(13)17/h5-7H,3-4,8,17H2,1-2H3. The Kier molecular flexibility index (Phi) is 5.41. The van der Waals surface area contributed by atoms with Gasteiger partial charge in [-0.05, 0) is 31.5 Å². The van der Waals surface area contributed by atoms with E-state index >= 15 is 0 Å². The van der Waals surface area contributed by atoms with Gasteiger partial charge in [-0.15, -0.1) is 11.8 Å². The summed E-state index contributed by atoms with van der Waals surface area (Å²) < 4.78 is 3.00. The molecule has 0 spiro atoms. The number of rotatable bonds is 5. The van der Waals surface area contributed by atoms with E-state index in [2.05, 4.69) is 34.9 Å². The minimum Gasteiger partial charge on any atom is -0.398 e. The van der Waals surface area contributed by atoms with Gasteiger partial charge < -0.3 is 5.73 Å². The van der Waals surface area contributed by atoms with Crippen molar-refractivity contribution in [1.82, 2.24) is 9.78 Å². The highest BCUT2D eigenvalue weighted by molar-refractivity contribution is 9.10. The number of hydrogen-bond donors (Lipinski definition) is 1. The Balaban J connectivity index is 2.22. The van der Waals surface area contributed by atoms with Gasteiger partial charge in [0.2, 0.25) is 0 Å². The fourth-order valence-corrected chi connectivity index (χ4v) is 3.89. The molecule has 20 heavy (non-hydrogen) atoms. The summed E-state index contributed by atoms with van der Waals surface area (Å²) in [6.07, 6.45) is 0.850. The van der Waals surface area contributed by atoms with E-state index in [1.54, 1.807) is 11.8 Å². The van der Waals surface area contributed by atoms with Crippen LogP contribution in [0, 0.1) is 0 Å². The maximum absolute atomic E-state index is 6.41. The van der Waals surface area contributed by atoms with Crippen LogP contribution >= 0.6 is 39.3 Å². The minimum absolute atomic E-state index is 0.764. The molecule has 0 bridgehead atoms. The third-order valence-electron chi connectivity index (χ3n) is 3.03. The van der Waals surface area contributed by atoms with Crippen molar-refractivity contribution in [2.75, 3.05) is 5.73 Å². The number of thioether (sulfide) groups is 1. The van der Waals surface area contributed by atoms with Gasteiger partial charge in [-0.25, -0.2) is 0 Å². The van der Waals surface area contributed by atoms with E-state index in [1.165, 1.54) is 0 Å². The second kappa shape index (κ2) is 6.87. The third-order valence-corrected chi connectivity index (χ3v) is 5.05. The average molecular weight is 375 g/mol. The van der Waals surface area contributed by atoms with Crippen molar-refractivity contribution >= 4 is 45.0 Å². The van der Waals surface area contributed by atoms with Gasteiger partial charge in [-0.2, -0.15) is 5.10 Å². The molecule has 1 heterocycles. The first kappa shape index (κ1) is 15.7. The Hall–Kier alpha value is -0.650. The lowest BCUT2D eigenvalue weighted by Gasteiger charge is -2.08. The van der Waals surface area contributed by atoms with Crippen LogP contribution in [0.4, 0.5) is 5.69 Å². The van der Waals surface area contributed by atoms with Crippen molar-refractivity contribution in [3.05, 3.63) is 39.1 Å². The van der Waals surface area contributed by atoms with Gasteiger partial charge in [0.05, 0.1) is 16.4 Å². The number of nitrogens with zero attached hydrogens (tertiary/aromatic N) is 2. The lowest BCUT2D eigenvalue weighted by molar-refractivity contribution is 0.628. The number of nitrogens with two attached hydrogens (primary N) is 1. The molecule has 2 rings (SSSR count). The van der Waals surface area contributed by atoms with E-state index in [0.29, 0.717) is 0 Å². The van der Waals surface area contributed by atoms with Gasteiger partial charge in [-0.1, -0.05) is 34.5 Å². The fraction of sp³-hybridized carbons (Fsp3) is 0.357. The van der Waals surface area contributed by atoms with E-state index in [0.717, 1.165) is 50.2 Å². The summed E-state index contributed by atoms with van der Waals surface area (Å²) in [7, 11) is 0. The van der Waals surface area contributed by atoms with Gasteiger partial charge in [0.1, 0.15) is 0 Å². The van der Waals surface area contributed by atoms with E-state index < -0.39 is 0 Å². The first-order valence-electron chi connectivity index (χ1n) is 6.48. The van der Waals surface area contributed by atoms with Crippen LogP contribution in [0.2, 0.25) is 5.02 Å². The summed E-state index contributed by atoms with van der Waals surface area (Å²) in [5.74, 6) is 0.764. The number of anilines is 1. The van der Waals surface area contributed by atoms with Crippen molar-refractivity contribution in [1.29, 1.82) is 0 Å². The number of nitrogen functional groups attached to an aromatic ring is 1. The lowest BCUT2D eigenvalue weighted by Crippen LogP contribution is -2.02. The summed E-state index contributed by atoms with van der Waals surface area (Å²) >= 11 is 11.6. The van der Waals surface area contributed by atoms with Crippen molar-refractivity contribution in [3.8, 4) is 0 Å². The number of benzene rings is 1. The quantitative estimate of drug-likeness (QED) is 0.606. The molecule has 0 fully saturated rings. The van der Waals surface area contributed by atoms with Crippen LogP contribution in [0.15, 0.2) is 27.6 Å². The number of aryl methyl sites for hydroxylation is 2. The summed E-state index contributed by atoms with van der Waals surface area (Å²) in [5.41, 5.74) is 8.81. The Morgan fingerprint density at radius 3 is 2.80 bits per heavy atom. The smallest absolute Gasteiger partial charge is 0.0858 e. The van der Waals surface area contributed by atoms with Crippen molar-refractivity contribution in [3.63, 3.8) is 0 Å². The largest absolute Gasteiger partial charge is 0.398 e. The van der Waals surface area contributed by atoms with Crippen LogP contribution < -0.4 is 5.73 Å². The predicted octanol–water partition coefficient (Wildman–Crippen LogP) is 4.76. The van der Waals surface area contributed by atoms with Crippen molar-refractivity contribution in [2.45, 2.75) is 37.5 Å². The van der Waals surface area contributed by atoms with E-state index in [4.69, 9.17) is 17.3 Å². The second-order valence-electron chi connectivity index (χ2n) is 4.35. The Morgan fingerprint density at radius 2 is 2.15 bits per heavy atom. The SMILES string of the molecule is CCc1nn(CC)c(CSc2cc(Br)ccc2N)c1Cl. The molecule has 0 aliphatic heterocycles. The highest BCUT2D eigenvalue weighted by atomic mass is 79.9. The molecule has 0 amide bonds. The molecule has 108 valence electrons. The topological polar surface area (TPSA) is 43.8 Å². The Morgan fingerprint density at radius 1 is 1.40 bits per heavy atom. The van der Waals surface area contributed by atoms with Crippen molar-refractivity contribution < 1.29 is 0 Å². The molecule has 2 N–H and O–H groups in total. The molecule has 0 unspecified atom stereocenters. The summed E-state index contributed by atoms with van der Waals surface area (Å²) in [4.78, 5) is 1.05. The monoisotopic (exact) mass is 373 g/mol. The third kappa shape index (κ3) is 3.32. The van der Waals surface area contributed by atoms with E-state index in [1.807, 2.05) is 22.9 Å². The molecule has 2 aromatic rings. The van der Waals surface area contributed by atoms with Crippen molar-refractivity contribution in [2.24, 2.45) is 0 Å². The maximum atomic E-state index is 6.41. The Bertz CT molecular complexity index is 613. The first-order valence-corrected chi connectivity index (χ1v) is 8.64. The highest BCUT2D eigenvalue weighted by Gasteiger charge is 2.15. The molecule has 0 radical (unpaired) electrons. The fourth-order valence-electron chi connectivity index (χ4n) is 1.93. The molecular formula is C14H17BrClN3S. The molecule has 0 aliphatic carbocycles. The van der Waals surface area contributed by atoms with Crippen LogP contribution in [0.25, 0.3) is 0 Å². The van der Waals surface area contributed by atoms with Gasteiger partial charge in [0.15, 0.2) is 0 Å². The highest BCUT2D eigenvalue weighted by Crippen LogP contribution is 2.33. The summed E-state index contributed by atoms with van der Waals surface area (Å²) in [6, 6.07) is 5.88. The number of halogens is 2. The Labute approximate surface area is 137 Å². The average Bonchev–Trinajstić information content (AvgIpc) is 2.75. The number of hydrogen-bond acceptors (Lipinski definition) is 3. The molecule has 1 aromatic carbocycles. The van der Waals surface area contributed by atoms with Crippen LogP contribution in [0.5, 0.6) is 0 Å². The van der Waals surface area contributed by atoms with Crippen LogP contribution in [-0.4, -0.2) is 9.78 Å². The van der Waals surface area contributed by atoms with Crippen LogP contribution in [0.1, 0.15) is 25.2 Å². The van der Waals surface area contributed by atoms with Crippen LogP contribution in [-0.2, 0) is 18.7 Å². The summed E-state index contributed by atoms with van der Waals surface area (Å²) in [6.45, 7) is 4.96. The molecular weight excluding hydrogens is 358 g/mol. The predicted molar refractivity (Wildman–Crippen MR) is 90.4 cm³/mol. The lowest BCUT2D eigenvalue weighted by atomic mass is 10.3. The zero-order valence-corrected chi connectivity index (χ0v) is 14.6. The zero-order chi connectivity index (χ0) is 14.7. The molecule has 1 aromatic heterocycles. The number of aromatic nitrogens is 2. The minimum atomic E-state index is 0.764. The molecule has 0 saturated heterocycles. The van der Waals surface area contributed by atoms with Gasteiger partial charge in [-0.3, -0.25) is 4.68 Å². The molecule has 0 aliphatic rings. The van der Waals surface area contributed by atoms with Crippen LogP contribution in [0.3, 0.4) is 0 Å². The maximum Gasteiger partial charge on any atom is 0.0858 e. The molecule has 0 atom stereocenters. The normalized spacial score (nSPS) is 11.0. The second-order valence-corrected chi connectivity index (χ2v) is 6.66. The van der Waals surface area contributed by atoms with E-state index in [-0.39, 0.29) is 0 Å². The first-order chi connectivity index (χ1) is 9.56.